The van der Waals surface area contributed by atoms with Crippen LogP contribution < -0.4 is 4.74 Å². The molecule has 0 amide bonds. The maximum Gasteiger partial charge on any atom is 0.164 e. The number of benzene rings is 9. The van der Waals surface area contributed by atoms with Gasteiger partial charge in [-0.2, -0.15) is 0 Å². The highest BCUT2D eigenvalue weighted by Gasteiger charge is 2.23. The van der Waals surface area contributed by atoms with Crippen LogP contribution in [-0.4, -0.2) is 19.5 Å². The Bertz CT molecular complexity index is 3350. The van der Waals surface area contributed by atoms with E-state index in [9.17, 15) is 0 Å². The second-order valence-electron chi connectivity index (χ2n) is 14.8. The normalized spacial score (nSPS) is 11.9. The van der Waals surface area contributed by atoms with Gasteiger partial charge in [0.1, 0.15) is 11.5 Å². The molecule has 9 aromatic carbocycles. The predicted molar refractivity (Wildman–Crippen MR) is 236 cm³/mol. The van der Waals surface area contributed by atoms with Gasteiger partial charge in [0.25, 0.3) is 0 Å². The lowest BCUT2D eigenvalue weighted by Gasteiger charge is -2.23. The number of nitrogens with zero attached hydrogens (tertiary/aromatic N) is 4. The van der Waals surface area contributed by atoms with Gasteiger partial charge in [0.2, 0.25) is 0 Å². The third-order valence-electron chi connectivity index (χ3n) is 11.4. The van der Waals surface area contributed by atoms with Gasteiger partial charge in [-0.15, -0.1) is 0 Å². The lowest BCUT2D eigenvalue weighted by molar-refractivity contribution is 0.487. The molecule has 1 aliphatic rings. The van der Waals surface area contributed by atoms with Gasteiger partial charge in [0.05, 0.1) is 11.0 Å². The van der Waals surface area contributed by atoms with Crippen LogP contribution in [-0.2, 0) is 0 Å². The number of rotatable bonds is 5. The zero-order valence-electron chi connectivity index (χ0n) is 31.2. The number of aromatic nitrogens is 4. The molecule has 0 unspecified atom stereocenters. The fourth-order valence-corrected chi connectivity index (χ4v) is 8.68. The van der Waals surface area contributed by atoms with Gasteiger partial charge in [0.15, 0.2) is 17.5 Å². The Labute approximate surface area is 334 Å². The van der Waals surface area contributed by atoms with Crippen molar-refractivity contribution in [3.05, 3.63) is 194 Å². The molecule has 0 bridgehead atoms. The molecule has 5 nitrogen and oxygen atoms in total. The van der Waals surface area contributed by atoms with E-state index in [0.29, 0.717) is 17.5 Å². The summed E-state index contributed by atoms with van der Waals surface area (Å²) in [7, 11) is 0. The van der Waals surface area contributed by atoms with Gasteiger partial charge < -0.3 is 9.30 Å². The van der Waals surface area contributed by atoms with Crippen molar-refractivity contribution in [2.75, 3.05) is 0 Å². The highest BCUT2D eigenvalue weighted by atomic mass is 16.5. The van der Waals surface area contributed by atoms with Gasteiger partial charge in [-0.25, -0.2) is 15.0 Å². The van der Waals surface area contributed by atoms with Crippen molar-refractivity contribution in [2.45, 2.75) is 0 Å². The molecule has 58 heavy (non-hydrogen) atoms. The summed E-state index contributed by atoms with van der Waals surface area (Å²) in [4.78, 5) is 14.7. The maximum atomic E-state index is 6.81. The SMILES string of the molecule is c1ccc(-c2nc(-c3ccccc3)nc(-c3ccc(-c4ccc5c6c(cccc46)-c4ccc(-n6c7ccccc7c7cc8ccccc8cc76)cc4O5)cc3)n2)cc1. The van der Waals surface area contributed by atoms with Crippen molar-refractivity contribution in [3.63, 3.8) is 0 Å². The average molecular weight is 741 g/mol. The van der Waals surface area contributed by atoms with E-state index in [1.165, 1.54) is 38.1 Å². The summed E-state index contributed by atoms with van der Waals surface area (Å²) in [6, 6.07) is 68.0. The molecule has 0 saturated carbocycles. The third-order valence-corrected chi connectivity index (χ3v) is 11.4. The molecule has 3 heterocycles. The van der Waals surface area contributed by atoms with E-state index in [0.717, 1.165) is 61.3 Å². The first-order valence-electron chi connectivity index (χ1n) is 19.5. The van der Waals surface area contributed by atoms with E-state index in [-0.39, 0.29) is 0 Å². The highest BCUT2D eigenvalue weighted by Crippen LogP contribution is 2.49. The van der Waals surface area contributed by atoms with Crippen LogP contribution in [0.5, 0.6) is 11.5 Å². The topological polar surface area (TPSA) is 52.8 Å². The minimum absolute atomic E-state index is 0.634. The minimum Gasteiger partial charge on any atom is -0.456 e. The molecule has 1 aliphatic heterocycles. The molecule has 2 aromatic heterocycles. The van der Waals surface area contributed by atoms with E-state index in [1.807, 2.05) is 60.7 Å². The summed E-state index contributed by atoms with van der Waals surface area (Å²) in [5, 5.41) is 7.20. The molecule has 270 valence electrons. The maximum absolute atomic E-state index is 6.81. The minimum atomic E-state index is 0.634. The number of hydrogen-bond donors (Lipinski definition) is 0. The van der Waals surface area contributed by atoms with Crippen LogP contribution in [0.4, 0.5) is 0 Å². The number of hydrogen-bond acceptors (Lipinski definition) is 4. The standard InChI is InChI=1S/C53H32N4O/c1-3-12-34(13-4-1)51-54-52(35-14-5-2-6-15-35)56-53(55-51)36-24-22-33(23-25-36)40-28-29-48-50-43(40)19-11-20-44(50)42-27-26-39(32-49(42)58-48)57-46-21-10-9-18-41(46)45-30-37-16-7-8-17-38(37)31-47(45)57/h1-32H. The fourth-order valence-electron chi connectivity index (χ4n) is 8.68. The zero-order chi connectivity index (χ0) is 38.2. The van der Waals surface area contributed by atoms with Gasteiger partial charge in [-0.3, -0.25) is 0 Å². The van der Waals surface area contributed by atoms with Gasteiger partial charge in [-0.05, 0) is 69.2 Å². The van der Waals surface area contributed by atoms with Crippen molar-refractivity contribution >= 4 is 43.4 Å². The van der Waals surface area contributed by atoms with E-state index in [2.05, 4.69) is 138 Å². The van der Waals surface area contributed by atoms with Gasteiger partial charge >= 0.3 is 0 Å². The molecular formula is C53H32N4O. The van der Waals surface area contributed by atoms with Crippen LogP contribution in [0, 0.1) is 0 Å². The molecule has 0 spiro atoms. The number of fused-ring (bicyclic) bond motifs is 6. The van der Waals surface area contributed by atoms with E-state index in [1.54, 1.807) is 0 Å². The average Bonchev–Trinajstić information content (AvgIpc) is 3.61. The van der Waals surface area contributed by atoms with E-state index in [4.69, 9.17) is 19.7 Å². The van der Waals surface area contributed by atoms with E-state index >= 15 is 0 Å². The van der Waals surface area contributed by atoms with Crippen LogP contribution in [0.15, 0.2) is 194 Å². The fraction of sp³-hybridized carbons (Fsp3) is 0. The predicted octanol–water partition coefficient (Wildman–Crippen LogP) is 13.7. The molecule has 12 rings (SSSR count). The smallest absolute Gasteiger partial charge is 0.164 e. The summed E-state index contributed by atoms with van der Waals surface area (Å²) in [6.07, 6.45) is 0. The Kier molecular flexibility index (Phi) is 7.16. The van der Waals surface area contributed by atoms with Crippen molar-refractivity contribution in [2.24, 2.45) is 0 Å². The molecule has 0 radical (unpaired) electrons. The van der Waals surface area contributed by atoms with Crippen LogP contribution >= 0.6 is 0 Å². The molecule has 0 fully saturated rings. The summed E-state index contributed by atoms with van der Waals surface area (Å²) < 4.78 is 9.18. The monoisotopic (exact) mass is 740 g/mol. The highest BCUT2D eigenvalue weighted by molar-refractivity contribution is 6.14. The Morgan fingerprint density at radius 2 is 0.931 bits per heavy atom. The molecule has 5 heteroatoms. The van der Waals surface area contributed by atoms with Crippen molar-refractivity contribution in [1.82, 2.24) is 19.5 Å². The summed E-state index contributed by atoms with van der Waals surface area (Å²) in [5.74, 6) is 3.63. The lowest BCUT2D eigenvalue weighted by Crippen LogP contribution is -2.01. The van der Waals surface area contributed by atoms with E-state index < -0.39 is 0 Å². The van der Waals surface area contributed by atoms with Crippen LogP contribution in [0.1, 0.15) is 0 Å². The van der Waals surface area contributed by atoms with Gasteiger partial charge in [0, 0.05) is 50.2 Å². The molecule has 0 saturated heterocycles. The third kappa shape index (κ3) is 5.14. The van der Waals surface area contributed by atoms with Gasteiger partial charge in [-0.1, -0.05) is 152 Å². The van der Waals surface area contributed by atoms with Crippen molar-refractivity contribution < 1.29 is 4.74 Å². The quantitative estimate of drug-likeness (QED) is 0.176. The van der Waals surface area contributed by atoms with Crippen LogP contribution in [0.3, 0.4) is 0 Å². The second kappa shape index (κ2) is 12.8. The van der Waals surface area contributed by atoms with Crippen LogP contribution in [0.25, 0.3) is 105 Å². The van der Waals surface area contributed by atoms with Crippen molar-refractivity contribution in [1.29, 1.82) is 0 Å². The first-order chi connectivity index (χ1) is 28.7. The Morgan fingerprint density at radius 1 is 0.345 bits per heavy atom. The molecule has 0 atom stereocenters. The largest absolute Gasteiger partial charge is 0.456 e. The first-order valence-corrected chi connectivity index (χ1v) is 19.5. The molecule has 11 aromatic rings. The zero-order valence-corrected chi connectivity index (χ0v) is 31.2. The second-order valence-corrected chi connectivity index (χ2v) is 14.8. The van der Waals surface area contributed by atoms with Crippen LogP contribution in [0.2, 0.25) is 0 Å². The van der Waals surface area contributed by atoms with Crippen molar-refractivity contribution in [3.8, 4) is 73.6 Å². The summed E-state index contributed by atoms with van der Waals surface area (Å²) in [5.41, 5.74) is 10.7. The Hall–Kier alpha value is -7.89. The Morgan fingerprint density at radius 3 is 1.66 bits per heavy atom. The molecule has 0 N–H and O–H groups in total. The summed E-state index contributed by atoms with van der Waals surface area (Å²) in [6.45, 7) is 0. The Balaban J connectivity index is 0.935. The molecule has 0 aliphatic carbocycles. The first kappa shape index (κ1) is 32.4. The lowest BCUT2D eigenvalue weighted by atomic mass is 9.90. The number of para-hydroxylation sites is 1. The molecular weight excluding hydrogens is 709 g/mol. The number of ether oxygens (including phenoxy) is 1. The summed E-state index contributed by atoms with van der Waals surface area (Å²) >= 11 is 0.